The van der Waals surface area contributed by atoms with Crippen LogP contribution in [0.15, 0.2) is 0 Å². The van der Waals surface area contributed by atoms with E-state index in [0.29, 0.717) is 13.1 Å². The summed E-state index contributed by atoms with van der Waals surface area (Å²) in [6.07, 6.45) is 3.83. The Balaban J connectivity index is 2.65. The van der Waals surface area contributed by atoms with Crippen molar-refractivity contribution in [3.05, 3.63) is 0 Å². The zero-order valence-electron chi connectivity index (χ0n) is 10.9. The highest BCUT2D eigenvalue weighted by Crippen LogP contribution is 2.14. The Kier molecular flexibility index (Phi) is 5.55. The Morgan fingerprint density at radius 2 is 1.67 bits per heavy atom. The van der Waals surface area contributed by atoms with Crippen molar-refractivity contribution in [2.24, 2.45) is 5.92 Å². The zero-order chi connectivity index (χ0) is 13.8. The van der Waals surface area contributed by atoms with Crippen LogP contribution >= 0.6 is 0 Å². The van der Waals surface area contributed by atoms with Crippen LogP contribution in [-0.4, -0.2) is 42.9 Å². The second-order valence-electron chi connectivity index (χ2n) is 4.85. The fraction of sp³-hybridized carbons (Fsp3) is 0.909. The number of carboxylic acids is 1. The van der Waals surface area contributed by atoms with Gasteiger partial charge in [-0.25, -0.2) is 0 Å². The highest BCUT2D eigenvalue weighted by molar-refractivity contribution is 7.87. The third kappa shape index (κ3) is 4.22. The summed E-state index contributed by atoms with van der Waals surface area (Å²) >= 11 is 0. The van der Waals surface area contributed by atoms with Gasteiger partial charge in [-0.2, -0.15) is 17.4 Å². The smallest absolute Gasteiger partial charge is 0.307 e. The molecule has 0 bridgehead atoms. The van der Waals surface area contributed by atoms with E-state index in [9.17, 15) is 13.2 Å². The predicted molar refractivity (Wildman–Crippen MR) is 68.4 cm³/mol. The van der Waals surface area contributed by atoms with Gasteiger partial charge in [-0.15, -0.1) is 0 Å². The summed E-state index contributed by atoms with van der Waals surface area (Å²) in [5.74, 6) is -1.74. The lowest BCUT2D eigenvalue weighted by Crippen LogP contribution is -2.47. The van der Waals surface area contributed by atoms with Crippen LogP contribution in [0.1, 0.15) is 39.5 Å². The van der Waals surface area contributed by atoms with E-state index in [1.165, 1.54) is 11.2 Å². The van der Waals surface area contributed by atoms with Crippen molar-refractivity contribution in [1.29, 1.82) is 0 Å². The number of nitrogens with one attached hydrogen (secondary N) is 1. The van der Waals surface area contributed by atoms with Crippen LogP contribution in [0.2, 0.25) is 0 Å². The van der Waals surface area contributed by atoms with Crippen molar-refractivity contribution in [2.45, 2.75) is 45.6 Å². The lowest BCUT2D eigenvalue weighted by Gasteiger charge is -2.24. The molecule has 0 radical (unpaired) electrons. The molecule has 0 saturated carbocycles. The molecular formula is C11H22N2O4S. The molecule has 18 heavy (non-hydrogen) atoms. The Labute approximate surface area is 109 Å². The summed E-state index contributed by atoms with van der Waals surface area (Å²) in [5, 5.41) is 8.86. The standard InChI is InChI=1S/C11H22N2O4S/c1-9(11(14)15)10(2)12-18(16,17)13-7-5-3-4-6-8-13/h9-10,12H,3-8H2,1-2H3,(H,14,15). The molecule has 1 aliphatic heterocycles. The number of carboxylic acid groups (broad SMARTS) is 1. The Morgan fingerprint density at radius 1 is 1.17 bits per heavy atom. The molecule has 7 heteroatoms. The molecule has 1 saturated heterocycles. The summed E-state index contributed by atoms with van der Waals surface area (Å²) in [7, 11) is -3.56. The molecule has 2 unspecified atom stereocenters. The molecule has 0 aliphatic carbocycles. The predicted octanol–water partition coefficient (Wildman–Crippen LogP) is 0.806. The van der Waals surface area contributed by atoms with Crippen LogP contribution < -0.4 is 4.72 Å². The molecule has 0 spiro atoms. The van der Waals surface area contributed by atoms with E-state index in [4.69, 9.17) is 5.11 Å². The van der Waals surface area contributed by atoms with Gasteiger partial charge in [0.25, 0.3) is 10.2 Å². The van der Waals surface area contributed by atoms with Gasteiger partial charge in [-0.3, -0.25) is 4.79 Å². The molecule has 1 aliphatic rings. The number of hydrogen-bond donors (Lipinski definition) is 2. The molecular weight excluding hydrogens is 256 g/mol. The molecule has 0 aromatic heterocycles. The highest BCUT2D eigenvalue weighted by atomic mass is 32.2. The van der Waals surface area contributed by atoms with Crippen molar-refractivity contribution >= 4 is 16.2 Å². The van der Waals surface area contributed by atoms with E-state index in [1.54, 1.807) is 6.92 Å². The lowest BCUT2D eigenvalue weighted by atomic mass is 10.1. The van der Waals surface area contributed by atoms with Gasteiger partial charge in [0.05, 0.1) is 5.92 Å². The van der Waals surface area contributed by atoms with Crippen LogP contribution in [0, 0.1) is 5.92 Å². The van der Waals surface area contributed by atoms with Crippen molar-refractivity contribution < 1.29 is 18.3 Å². The van der Waals surface area contributed by atoms with E-state index >= 15 is 0 Å². The van der Waals surface area contributed by atoms with Crippen molar-refractivity contribution in [2.75, 3.05) is 13.1 Å². The third-order valence-corrected chi connectivity index (χ3v) is 5.09. The van der Waals surface area contributed by atoms with Crippen LogP contribution in [0.5, 0.6) is 0 Å². The first-order valence-corrected chi connectivity index (χ1v) is 7.79. The fourth-order valence-electron chi connectivity index (χ4n) is 1.91. The van der Waals surface area contributed by atoms with Crippen molar-refractivity contribution in [1.82, 2.24) is 9.03 Å². The molecule has 1 fully saturated rings. The third-order valence-electron chi connectivity index (χ3n) is 3.38. The van der Waals surface area contributed by atoms with E-state index in [1.807, 2.05) is 0 Å². The molecule has 0 aromatic carbocycles. The molecule has 1 rings (SSSR count). The van der Waals surface area contributed by atoms with E-state index in [0.717, 1.165) is 25.7 Å². The first-order valence-electron chi connectivity index (χ1n) is 6.35. The molecule has 1 heterocycles. The second kappa shape index (κ2) is 6.49. The normalized spacial score (nSPS) is 22.1. The molecule has 106 valence electrons. The maximum atomic E-state index is 12.1. The number of rotatable bonds is 5. The largest absolute Gasteiger partial charge is 0.481 e. The van der Waals surface area contributed by atoms with Gasteiger partial charge in [-0.1, -0.05) is 19.8 Å². The summed E-state index contributed by atoms with van der Waals surface area (Å²) in [6, 6.07) is -0.615. The van der Waals surface area contributed by atoms with Crippen LogP contribution in [0.25, 0.3) is 0 Å². The minimum Gasteiger partial charge on any atom is -0.481 e. The van der Waals surface area contributed by atoms with Crippen LogP contribution in [0.3, 0.4) is 0 Å². The number of carbonyl (C=O) groups is 1. The van der Waals surface area contributed by atoms with Gasteiger partial charge in [0, 0.05) is 19.1 Å². The fourth-order valence-corrected chi connectivity index (χ4v) is 3.47. The number of aliphatic carboxylic acids is 1. The Bertz CT molecular complexity index is 375. The monoisotopic (exact) mass is 278 g/mol. The van der Waals surface area contributed by atoms with E-state index in [2.05, 4.69) is 4.72 Å². The molecule has 0 amide bonds. The van der Waals surface area contributed by atoms with E-state index < -0.39 is 28.1 Å². The van der Waals surface area contributed by atoms with Crippen molar-refractivity contribution in [3.63, 3.8) is 0 Å². The summed E-state index contributed by atoms with van der Waals surface area (Å²) in [4.78, 5) is 10.8. The van der Waals surface area contributed by atoms with Crippen LogP contribution in [-0.2, 0) is 15.0 Å². The summed E-state index contributed by atoms with van der Waals surface area (Å²) in [5.41, 5.74) is 0. The first kappa shape index (κ1) is 15.4. The van der Waals surface area contributed by atoms with Gasteiger partial charge >= 0.3 is 5.97 Å². The highest BCUT2D eigenvalue weighted by Gasteiger charge is 2.28. The van der Waals surface area contributed by atoms with Crippen molar-refractivity contribution in [3.8, 4) is 0 Å². The average molecular weight is 278 g/mol. The minimum atomic E-state index is -3.56. The summed E-state index contributed by atoms with van der Waals surface area (Å²) < 4.78 is 28.1. The van der Waals surface area contributed by atoms with E-state index in [-0.39, 0.29) is 0 Å². The average Bonchev–Trinajstić information content (AvgIpc) is 2.56. The maximum Gasteiger partial charge on any atom is 0.307 e. The van der Waals surface area contributed by atoms with Gasteiger partial charge < -0.3 is 5.11 Å². The first-order chi connectivity index (χ1) is 8.34. The number of hydrogen-bond acceptors (Lipinski definition) is 3. The van der Waals surface area contributed by atoms with Gasteiger partial charge in [0.1, 0.15) is 0 Å². The molecule has 2 N–H and O–H groups in total. The second-order valence-corrected chi connectivity index (χ2v) is 6.55. The molecule has 2 atom stereocenters. The Morgan fingerprint density at radius 3 is 2.11 bits per heavy atom. The zero-order valence-corrected chi connectivity index (χ0v) is 11.7. The van der Waals surface area contributed by atoms with Gasteiger partial charge in [0.15, 0.2) is 0 Å². The maximum absolute atomic E-state index is 12.1. The quantitative estimate of drug-likeness (QED) is 0.779. The molecule has 0 aromatic rings. The van der Waals surface area contributed by atoms with Crippen LogP contribution in [0.4, 0.5) is 0 Å². The number of nitrogens with zero attached hydrogens (tertiary/aromatic N) is 1. The SMILES string of the molecule is CC(NS(=O)(=O)N1CCCCCC1)C(C)C(=O)O. The lowest BCUT2D eigenvalue weighted by molar-refractivity contribution is -0.141. The summed E-state index contributed by atoms with van der Waals surface area (Å²) in [6.45, 7) is 4.11. The Hall–Kier alpha value is -0.660. The molecule has 6 nitrogen and oxygen atoms in total. The topological polar surface area (TPSA) is 86.7 Å². The van der Waals surface area contributed by atoms with Gasteiger partial charge in [-0.05, 0) is 19.8 Å². The minimum absolute atomic E-state index is 0.517. The van der Waals surface area contributed by atoms with Gasteiger partial charge in [0.2, 0.25) is 0 Å².